The predicted molar refractivity (Wildman–Crippen MR) is 60.6 cm³/mol. The molecule has 0 unspecified atom stereocenters. The minimum Gasteiger partial charge on any atom is -0.376 e. The molecule has 2 heterocycles. The molecule has 1 aromatic rings. The van der Waals surface area contributed by atoms with E-state index in [1.807, 2.05) is 0 Å². The van der Waals surface area contributed by atoms with Crippen molar-refractivity contribution in [2.45, 2.75) is 13.0 Å². The fourth-order valence-electron chi connectivity index (χ4n) is 1.71. The van der Waals surface area contributed by atoms with Crippen LogP contribution in [0.1, 0.15) is 21.7 Å². The molecule has 2 amide bonds. The van der Waals surface area contributed by atoms with Crippen LogP contribution < -0.4 is 10.6 Å². The third kappa shape index (κ3) is 2.65. The average molecular weight is 237 g/mol. The number of fused-ring (bicyclic) bond motifs is 1. The second-order valence-corrected chi connectivity index (χ2v) is 3.85. The molecule has 6 heteroatoms. The largest absolute Gasteiger partial charge is 0.376 e. The second-order valence-electron chi connectivity index (χ2n) is 3.85. The first-order valence-electron chi connectivity index (χ1n) is 5.48. The van der Waals surface area contributed by atoms with Crippen molar-refractivity contribution in [2.24, 2.45) is 0 Å². The molecular formula is C11H15N3O3. The number of aromatic nitrogens is 1. The van der Waals surface area contributed by atoms with Crippen LogP contribution in [0, 0.1) is 0 Å². The molecule has 17 heavy (non-hydrogen) atoms. The summed E-state index contributed by atoms with van der Waals surface area (Å²) in [6.45, 7) is 1.19. The molecule has 3 N–H and O–H groups in total. The van der Waals surface area contributed by atoms with Crippen molar-refractivity contribution in [1.82, 2.24) is 15.6 Å². The number of carbonyl (C=O) groups excluding carboxylic acids is 2. The van der Waals surface area contributed by atoms with Crippen molar-refractivity contribution in [2.75, 3.05) is 20.2 Å². The van der Waals surface area contributed by atoms with Crippen LogP contribution in [0.5, 0.6) is 0 Å². The van der Waals surface area contributed by atoms with Crippen molar-refractivity contribution in [3.63, 3.8) is 0 Å². The summed E-state index contributed by atoms with van der Waals surface area (Å²) in [5.74, 6) is -0.499. The lowest BCUT2D eigenvalue weighted by molar-refractivity contribution is -0.119. The van der Waals surface area contributed by atoms with Gasteiger partial charge in [0.2, 0.25) is 5.91 Å². The predicted octanol–water partition coefficient (Wildman–Crippen LogP) is -0.437. The average Bonchev–Trinajstić information content (AvgIpc) is 2.79. The van der Waals surface area contributed by atoms with Gasteiger partial charge in [0, 0.05) is 19.2 Å². The Kier molecular flexibility index (Phi) is 3.43. The molecule has 0 saturated heterocycles. The van der Waals surface area contributed by atoms with E-state index in [4.69, 9.17) is 4.74 Å². The lowest BCUT2D eigenvalue weighted by Crippen LogP contribution is -2.35. The summed E-state index contributed by atoms with van der Waals surface area (Å²) in [4.78, 5) is 25.8. The minimum atomic E-state index is -0.275. The zero-order valence-electron chi connectivity index (χ0n) is 9.63. The zero-order valence-corrected chi connectivity index (χ0v) is 9.63. The van der Waals surface area contributed by atoms with Crippen LogP contribution in [0.25, 0.3) is 0 Å². The molecule has 1 aliphatic heterocycles. The Hall–Kier alpha value is -1.82. The maximum absolute atomic E-state index is 11.7. The number of nitrogens with one attached hydrogen (secondary N) is 3. The summed E-state index contributed by atoms with van der Waals surface area (Å²) >= 11 is 0. The SMILES string of the molecule is CNC(=O)CNC(=O)c1cc2c([nH]1)CCOC2. The van der Waals surface area contributed by atoms with E-state index in [0.717, 1.165) is 17.7 Å². The highest BCUT2D eigenvalue weighted by Gasteiger charge is 2.16. The standard InChI is InChI=1S/C11H15N3O3/c1-12-10(15)5-13-11(16)9-4-7-6-17-3-2-8(7)14-9/h4,14H,2-3,5-6H2,1H3,(H,12,15)(H,13,16). The Labute approximate surface area is 98.7 Å². The Morgan fingerprint density at radius 1 is 1.53 bits per heavy atom. The molecule has 0 atom stereocenters. The van der Waals surface area contributed by atoms with Gasteiger partial charge in [-0.15, -0.1) is 0 Å². The zero-order chi connectivity index (χ0) is 12.3. The van der Waals surface area contributed by atoms with Gasteiger partial charge in [-0.25, -0.2) is 0 Å². The van der Waals surface area contributed by atoms with Gasteiger partial charge >= 0.3 is 0 Å². The summed E-state index contributed by atoms with van der Waals surface area (Å²) in [6, 6.07) is 1.77. The molecule has 1 aromatic heterocycles. The van der Waals surface area contributed by atoms with Crippen molar-refractivity contribution < 1.29 is 14.3 Å². The van der Waals surface area contributed by atoms with Gasteiger partial charge in [-0.2, -0.15) is 0 Å². The van der Waals surface area contributed by atoms with Gasteiger partial charge in [-0.1, -0.05) is 0 Å². The molecular weight excluding hydrogens is 222 g/mol. The summed E-state index contributed by atoms with van der Waals surface area (Å²) in [7, 11) is 1.53. The topological polar surface area (TPSA) is 83.2 Å². The van der Waals surface area contributed by atoms with Gasteiger partial charge in [0.1, 0.15) is 5.69 Å². The highest BCUT2D eigenvalue weighted by molar-refractivity contribution is 5.95. The number of rotatable bonds is 3. The number of H-pyrrole nitrogens is 1. The normalized spacial score (nSPS) is 13.9. The van der Waals surface area contributed by atoms with Crippen molar-refractivity contribution >= 4 is 11.8 Å². The number of carbonyl (C=O) groups is 2. The van der Waals surface area contributed by atoms with Crippen LogP contribution in [-0.4, -0.2) is 37.0 Å². The fourth-order valence-corrected chi connectivity index (χ4v) is 1.71. The van der Waals surface area contributed by atoms with Crippen LogP contribution in [0.2, 0.25) is 0 Å². The molecule has 6 nitrogen and oxygen atoms in total. The number of amides is 2. The number of aromatic amines is 1. The Bertz CT molecular complexity index is 416. The Morgan fingerprint density at radius 3 is 3.06 bits per heavy atom. The van der Waals surface area contributed by atoms with Crippen LogP contribution >= 0.6 is 0 Å². The van der Waals surface area contributed by atoms with E-state index >= 15 is 0 Å². The highest BCUT2D eigenvalue weighted by atomic mass is 16.5. The first-order chi connectivity index (χ1) is 8.20. The Balaban J connectivity index is 1.99. The monoisotopic (exact) mass is 237 g/mol. The molecule has 0 radical (unpaired) electrons. The maximum atomic E-state index is 11.7. The van der Waals surface area contributed by atoms with Crippen LogP contribution in [0.3, 0.4) is 0 Å². The van der Waals surface area contributed by atoms with Crippen LogP contribution in [0.4, 0.5) is 0 Å². The van der Waals surface area contributed by atoms with Crippen LogP contribution in [-0.2, 0) is 22.6 Å². The Morgan fingerprint density at radius 2 is 2.35 bits per heavy atom. The highest BCUT2D eigenvalue weighted by Crippen LogP contribution is 2.17. The van der Waals surface area contributed by atoms with Gasteiger partial charge in [0.25, 0.3) is 5.91 Å². The van der Waals surface area contributed by atoms with E-state index in [9.17, 15) is 9.59 Å². The van der Waals surface area contributed by atoms with E-state index in [1.54, 1.807) is 6.07 Å². The molecule has 1 aliphatic rings. The lowest BCUT2D eigenvalue weighted by atomic mass is 10.2. The molecule has 0 aliphatic carbocycles. The third-order valence-corrected chi connectivity index (χ3v) is 2.68. The molecule has 92 valence electrons. The minimum absolute atomic E-state index is 0.0183. The van der Waals surface area contributed by atoms with Crippen molar-refractivity contribution in [3.8, 4) is 0 Å². The third-order valence-electron chi connectivity index (χ3n) is 2.68. The fraction of sp³-hybridized carbons (Fsp3) is 0.455. The van der Waals surface area contributed by atoms with Crippen molar-refractivity contribution in [3.05, 3.63) is 23.0 Å². The second kappa shape index (κ2) is 5.01. The molecule has 0 bridgehead atoms. The van der Waals surface area contributed by atoms with Gasteiger partial charge in [0.05, 0.1) is 19.8 Å². The summed E-state index contributed by atoms with van der Waals surface area (Å²) < 4.78 is 5.29. The number of hydrogen-bond donors (Lipinski definition) is 3. The smallest absolute Gasteiger partial charge is 0.268 e. The first kappa shape index (κ1) is 11.7. The molecule has 0 saturated carbocycles. The quantitative estimate of drug-likeness (QED) is 0.666. The van der Waals surface area contributed by atoms with Crippen molar-refractivity contribution in [1.29, 1.82) is 0 Å². The number of ether oxygens (including phenoxy) is 1. The summed E-state index contributed by atoms with van der Waals surface area (Å²) in [5, 5.41) is 4.97. The van der Waals surface area contributed by atoms with Gasteiger partial charge in [0.15, 0.2) is 0 Å². The first-order valence-corrected chi connectivity index (χ1v) is 5.48. The number of hydrogen-bond acceptors (Lipinski definition) is 3. The van der Waals surface area contributed by atoms with E-state index in [0.29, 0.717) is 18.9 Å². The molecule has 0 fully saturated rings. The molecule has 0 spiro atoms. The van der Waals surface area contributed by atoms with Crippen LogP contribution in [0.15, 0.2) is 6.07 Å². The lowest BCUT2D eigenvalue weighted by Gasteiger charge is -2.10. The van der Waals surface area contributed by atoms with Gasteiger partial charge in [-0.3, -0.25) is 9.59 Å². The van der Waals surface area contributed by atoms with E-state index < -0.39 is 0 Å². The number of likely N-dealkylation sites (N-methyl/N-ethyl adjacent to an activating group) is 1. The van der Waals surface area contributed by atoms with E-state index in [-0.39, 0.29) is 18.4 Å². The van der Waals surface area contributed by atoms with E-state index in [2.05, 4.69) is 15.6 Å². The summed E-state index contributed by atoms with van der Waals surface area (Å²) in [5.41, 5.74) is 2.53. The van der Waals surface area contributed by atoms with Gasteiger partial charge < -0.3 is 20.4 Å². The van der Waals surface area contributed by atoms with E-state index in [1.165, 1.54) is 7.05 Å². The molecule has 0 aromatic carbocycles. The van der Waals surface area contributed by atoms with Gasteiger partial charge in [-0.05, 0) is 11.6 Å². The molecule has 2 rings (SSSR count). The summed E-state index contributed by atoms with van der Waals surface area (Å²) in [6.07, 6.45) is 0.790. The maximum Gasteiger partial charge on any atom is 0.268 e.